The number of aryl methyl sites for hydroxylation is 2. The summed E-state index contributed by atoms with van der Waals surface area (Å²) >= 11 is 0. The fourth-order valence-electron chi connectivity index (χ4n) is 3.33. The maximum absolute atomic E-state index is 12.7. The van der Waals surface area contributed by atoms with Gasteiger partial charge in [0.2, 0.25) is 0 Å². The van der Waals surface area contributed by atoms with Gasteiger partial charge in [0.25, 0.3) is 11.6 Å². The van der Waals surface area contributed by atoms with Gasteiger partial charge in [-0.05, 0) is 43.2 Å². The highest BCUT2D eigenvalue weighted by atomic mass is 16.6. The second kappa shape index (κ2) is 7.90. The number of amides is 1. The molecule has 0 saturated carbocycles. The Balaban J connectivity index is 1.74. The molecule has 4 rings (SSSR count). The first-order valence-corrected chi connectivity index (χ1v) is 9.80. The number of aromatic nitrogens is 3. The van der Waals surface area contributed by atoms with Gasteiger partial charge in [0, 0.05) is 29.6 Å². The number of non-ortho nitro benzene ring substituents is 1. The van der Waals surface area contributed by atoms with Gasteiger partial charge in [-0.1, -0.05) is 25.5 Å². The Hall–Kier alpha value is -3.81. The minimum atomic E-state index is -0.497. The lowest BCUT2D eigenvalue weighted by atomic mass is 10.1. The second-order valence-electron chi connectivity index (χ2n) is 7.24. The second-order valence-corrected chi connectivity index (χ2v) is 7.24. The molecule has 0 fully saturated rings. The first kappa shape index (κ1) is 19.5. The normalized spacial score (nSPS) is 11.1. The molecule has 8 nitrogen and oxygen atoms in total. The highest BCUT2D eigenvalue weighted by molar-refractivity contribution is 6.09. The summed E-state index contributed by atoms with van der Waals surface area (Å²) in [6.45, 7) is 4.83. The lowest BCUT2D eigenvalue weighted by Gasteiger charge is -2.04. The summed E-state index contributed by atoms with van der Waals surface area (Å²) in [4.78, 5) is 27.8. The number of anilines is 1. The highest BCUT2D eigenvalue weighted by Gasteiger charge is 2.17. The van der Waals surface area contributed by atoms with Gasteiger partial charge >= 0.3 is 0 Å². The number of carbonyl (C=O) groups excluding carboxylic acids is 1. The van der Waals surface area contributed by atoms with Crippen LogP contribution in [0, 0.1) is 17.0 Å². The third-order valence-electron chi connectivity index (χ3n) is 4.97. The molecular formula is C22H21N5O3. The van der Waals surface area contributed by atoms with Crippen LogP contribution in [0.2, 0.25) is 0 Å². The SMILES string of the molecule is CCCCn1nc(NC(=O)c2ccc([N+](=O)[O-])cc2)c2cc3ccc(C)cc3nc21. The van der Waals surface area contributed by atoms with Gasteiger partial charge < -0.3 is 5.32 Å². The van der Waals surface area contributed by atoms with Crippen molar-refractivity contribution in [3.8, 4) is 0 Å². The molecule has 1 amide bonds. The highest BCUT2D eigenvalue weighted by Crippen LogP contribution is 2.27. The van der Waals surface area contributed by atoms with Crippen molar-refractivity contribution < 1.29 is 9.72 Å². The van der Waals surface area contributed by atoms with Crippen LogP contribution in [0.3, 0.4) is 0 Å². The average Bonchev–Trinajstić information content (AvgIpc) is 3.06. The van der Waals surface area contributed by atoms with Crippen molar-refractivity contribution in [3.63, 3.8) is 0 Å². The zero-order valence-corrected chi connectivity index (χ0v) is 16.8. The molecule has 8 heteroatoms. The number of rotatable bonds is 6. The van der Waals surface area contributed by atoms with Gasteiger partial charge in [-0.3, -0.25) is 14.9 Å². The molecule has 2 aromatic carbocycles. The summed E-state index contributed by atoms with van der Waals surface area (Å²) in [6.07, 6.45) is 1.96. The number of nitro groups is 1. The molecule has 0 aliphatic heterocycles. The standard InChI is InChI=1S/C22H21N5O3/c1-3-4-11-26-21-18(13-16-6-5-14(2)12-19(16)23-21)20(25-26)24-22(28)15-7-9-17(10-8-15)27(29)30/h5-10,12-13H,3-4,11H2,1-2H3,(H,24,25,28). The molecule has 0 saturated heterocycles. The van der Waals surface area contributed by atoms with Crippen molar-refractivity contribution in [2.45, 2.75) is 33.2 Å². The molecule has 30 heavy (non-hydrogen) atoms. The molecule has 0 radical (unpaired) electrons. The first-order valence-electron chi connectivity index (χ1n) is 9.80. The van der Waals surface area contributed by atoms with Crippen molar-refractivity contribution in [2.75, 3.05) is 5.32 Å². The molecule has 0 bridgehead atoms. The number of unbranched alkanes of at least 4 members (excludes halogenated alkanes) is 1. The Morgan fingerprint density at radius 2 is 1.93 bits per heavy atom. The van der Waals surface area contributed by atoms with Crippen LogP contribution in [-0.4, -0.2) is 25.6 Å². The van der Waals surface area contributed by atoms with E-state index in [1.54, 1.807) is 0 Å². The van der Waals surface area contributed by atoms with Crippen molar-refractivity contribution in [1.29, 1.82) is 0 Å². The maximum atomic E-state index is 12.7. The first-order chi connectivity index (χ1) is 14.5. The third kappa shape index (κ3) is 3.71. The van der Waals surface area contributed by atoms with E-state index in [-0.39, 0.29) is 11.6 Å². The number of hydrogen-bond donors (Lipinski definition) is 1. The third-order valence-corrected chi connectivity index (χ3v) is 4.97. The zero-order valence-electron chi connectivity index (χ0n) is 16.8. The van der Waals surface area contributed by atoms with Gasteiger partial charge in [0.15, 0.2) is 11.5 Å². The molecule has 0 atom stereocenters. The Morgan fingerprint density at radius 1 is 1.17 bits per heavy atom. The summed E-state index contributed by atoms with van der Waals surface area (Å²) in [7, 11) is 0. The molecule has 0 spiro atoms. The number of pyridine rings is 1. The molecule has 4 aromatic rings. The fraction of sp³-hybridized carbons (Fsp3) is 0.227. The van der Waals surface area contributed by atoms with Crippen molar-refractivity contribution in [3.05, 3.63) is 69.8 Å². The van der Waals surface area contributed by atoms with Crippen LogP contribution in [-0.2, 0) is 6.54 Å². The van der Waals surface area contributed by atoms with E-state index in [4.69, 9.17) is 4.98 Å². The van der Waals surface area contributed by atoms with Crippen LogP contribution in [0.15, 0.2) is 48.5 Å². The topological polar surface area (TPSA) is 103 Å². The summed E-state index contributed by atoms with van der Waals surface area (Å²) < 4.78 is 1.83. The Morgan fingerprint density at radius 3 is 2.63 bits per heavy atom. The molecule has 1 N–H and O–H groups in total. The molecule has 2 aromatic heterocycles. The van der Waals surface area contributed by atoms with Crippen molar-refractivity contribution in [1.82, 2.24) is 14.8 Å². The smallest absolute Gasteiger partial charge is 0.269 e. The lowest BCUT2D eigenvalue weighted by molar-refractivity contribution is -0.384. The largest absolute Gasteiger partial charge is 0.305 e. The number of nitrogens with one attached hydrogen (secondary N) is 1. The Bertz CT molecular complexity index is 1260. The number of fused-ring (bicyclic) bond motifs is 2. The zero-order chi connectivity index (χ0) is 21.3. The predicted molar refractivity (Wildman–Crippen MR) is 116 cm³/mol. The van der Waals surface area contributed by atoms with E-state index in [0.29, 0.717) is 17.9 Å². The minimum absolute atomic E-state index is 0.0631. The van der Waals surface area contributed by atoms with Gasteiger partial charge in [-0.25, -0.2) is 9.67 Å². The summed E-state index contributed by atoms with van der Waals surface area (Å²) in [5.41, 5.74) is 2.99. The number of nitrogens with zero attached hydrogens (tertiary/aromatic N) is 4. The predicted octanol–water partition coefficient (Wildman–Crippen LogP) is 4.85. The van der Waals surface area contributed by atoms with Crippen LogP contribution >= 0.6 is 0 Å². The van der Waals surface area contributed by atoms with Crippen molar-refractivity contribution in [2.24, 2.45) is 0 Å². The molecule has 0 aliphatic rings. The van der Waals surface area contributed by atoms with Gasteiger partial charge in [-0.15, -0.1) is 0 Å². The number of nitro benzene ring substituents is 1. The molecule has 0 unspecified atom stereocenters. The van der Waals surface area contributed by atoms with E-state index < -0.39 is 4.92 Å². The molecule has 2 heterocycles. The van der Waals surface area contributed by atoms with Gasteiger partial charge in [-0.2, -0.15) is 5.10 Å². The van der Waals surface area contributed by atoms with Gasteiger partial charge in [0.05, 0.1) is 15.8 Å². The van der Waals surface area contributed by atoms with Crippen LogP contribution < -0.4 is 5.32 Å². The van der Waals surface area contributed by atoms with Crippen LogP contribution in [0.4, 0.5) is 11.5 Å². The molecule has 0 aliphatic carbocycles. The lowest BCUT2D eigenvalue weighted by Crippen LogP contribution is -2.13. The van der Waals surface area contributed by atoms with Crippen LogP contribution in [0.5, 0.6) is 0 Å². The number of carbonyl (C=O) groups is 1. The number of benzene rings is 2. The average molecular weight is 403 g/mol. The van der Waals surface area contributed by atoms with E-state index in [9.17, 15) is 14.9 Å². The molecular weight excluding hydrogens is 382 g/mol. The quantitative estimate of drug-likeness (QED) is 0.366. The van der Waals surface area contributed by atoms with E-state index in [2.05, 4.69) is 17.3 Å². The van der Waals surface area contributed by atoms with Crippen molar-refractivity contribution >= 4 is 39.3 Å². The summed E-state index contributed by atoms with van der Waals surface area (Å²) in [5.74, 6) is 0.0513. The van der Waals surface area contributed by atoms with Gasteiger partial charge in [0.1, 0.15) is 0 Å². The van der Waals surface area contributed by atoms with E-state index in [1.807, 2.05) is 35.9 Å². The van der Waals surface area contributed by atoms with E-state index in [0.717, 1.165) is 40.3 Å². The maximum Gasteiger partial charge on any atom is 0.269 e. The summed E-state index contributed by atoms with van der Waals surface area (Å²) in [5, 5.41) is 20.0. The Labute approximate surface area is 172 Å². The minimum Gasteiger partial charge on any atom is -0.305 e. The monoisotopic (exact) mass is 403 g/mol. The van der Waals surface area contributed by atoms with Crippen LogP contribution in [0.25, 0.3) is 21.9 Å². The fourth-order valence-corrected chi connectivity index (χ4v) is 3.33. The molecule has 152 valence electrons. The van der Waals surface area contributed by atoms with E-state index >= 15 is 0 Å². The van der Waals surface area contributed by atoms with Crippen LogP contribution in [0.1, 0.15) is 35.7 Å². The Kier molecular flexibility index (Phi) is 5.14. The summed E-state index contributed by atoms with van der Waals surface area (Å²) in [6, 6.07) is 13.5. The number of hydrogen-bond acceptors (Lipinski definition) is 5. The van der Waals surface area contributed by atoms with E-state index in [1.165, 1.54) is 24.3 Å².